The fourth-order valence-electron chi connectivity index (χ4n) is 3.32. The number of nitrogens with one attached hydrogen (secondary N) is 2. The summed E-state index contributed by atoms with van der Waals surface area (Å²) in [6.45, 7) is 3.78. The topological polar surface area (TPSA) is 62.2 Å². The normalized spacial score (nSPS) is 15.9. The number of benzene rings is 1. The molecule has 24 heavy (non-hydrogen) atoms. The van der Waals surface area contributed by atoms with Crippen LogP contribution in [0, 0.1) is 0 Å². The van der Waals surface area contributed by atoms with Crippen LogP contribution in [0.25, 0.3) is 0 Å². The summed E-state index contributed by atoms with van der Waals surface area (Å²) in [5.41, 5.74) is 3.55. The Morgan fingerprint density at radius 3 is 2.88 bits per heavy atom. The second-order valence-electron chi connectivity index (χ2n) is 6.34. The predicted octanol–water partition coefficient (Wildman–Crippen LogP) is 1.25. The van der Waals surface area contributed by atoms with Gasteiger partial charge in [-0.05, 0) is 32.0 Å². The van der Waals surface area contributed by atoms with Crippen LogP contribution in [0.3, 0.4) is 0 Å². The third-order valence-corrected chi connectivity index (χ3v) is 4.64. The summed E-state index contributed by atoms with van der Waals surface area (Å²) in [5, 5.41) is 10.3. The Hall–Kier alpha value is -2.34. The summed E-state index contributed by atoms with van der Waals surface area (Å²) in [6, 6.07) is 8.37. The van der Waals surface area contributed by atoms with E-state index in [-0.39, 0.29) is 18.0 Å². The van der Waals surface area contributed by atoms with Crippen LogP contribution in [-0.2, 0) is 18.3 Å². The first-order valence-electron chi connectivity index (χ1n) is 8.38. The molecule has 6 heteroatoms. The van der Waals surface area contributed by atoms with E-state index in [0.717, 1.165) is 18.5 Å². The number of amides is 1. The lowest BCUT2D eigenvalue weighted by Crippen LogP contribution is -2.44. The van der Waals surface area contributed by atoms with Crippen LogP contribution in [0.1, 0.15) is 24.1 Å². The maximum Gasteiger partial charge on any atom is 0.241 e. The smallest absolute Gasteiger partial charge is 0.241 e. The first kappa shape index (κ1) is 16.5. The Morgan fingerprint density at radius 2 is 2.17 bits per heavy atom. The van der Waals surface area contributed by atoms with Gasteiger partial charge < -0.3 is 15.5 Å². The highest BCUT2D eigenvalue weighted by Gasteiger charge is 2.25. The summed E-state index contributed by atoms with van der Waals surface area (Å²) in [7, 11) is 3.64. The lowest BCUT2D eigenvalue weighted by molar-refractivity contribution is -0.123. The molecule has 0 radical (unpaired) electrons. The van der Waals surface area contributed by atoms with Crippen LogP contribution in [0.15, 0.2) is 36.7 Å². The van der Waals surface area contributed by atoms with Crippen LogP contribution in [0.2, 0.25) is 0 Å². The molecule has 0 bridgehead atoms. The molecule has 0 saturated heterocycles. The molecule has 2 unspecified atom stereocenters. The summed E-state index contributed by atoms with van der Waals surface area (Å²) in [6.07, 6.45) is 4.66. The second-order valence-corrected chi connectivity index (χ2v) is 6.34. The minimum atomic E-state index is -0.378. The van der Waals surface area contributed by atoms with Crippen molar-refractivity contribution in [2.45, 2.75) is 25.4 Å². The van der Waals surface area contributed by atoms with E-state index < -0.39 is 0 Å². The van der Waals surface area contributed by atoms with E-state index >= 15 is 0 Å². The zero-order valence-corrected chi connectivity index (χ0v) is 14.5. The van der Waals surface area contributed by atoms with Gasteiger partial charge in [0, 0.05) is 43.6 Å². The zero-order valence-electron chi connectivity index (χ0n) is 14.5. The van der Waals surface area contributed by atoms with E-state index in [1.54, 1.807) is 17.9 Å². The van der Waals surface area contributed by atoms with E-state index in [4.69, 9.17) is 0 Å². The Labute approximate surface area is 142 Å². The fourth-order valence-corrected chi connectivity index (χ4v) is 3.32. The molecule has 1 aromatic carbocycles. The molecule has 128 valence electrons. The van der Waals surface area contributed by atoms with Crippen molar-refractivity contribution >= 4 is 11.6 Å². The Bertz CT molecular complexity index is 711. The molecule has 0 aliphatic carbocycles. The first-order chi connectivity index (χ1) is 11.6. The molecule has 1 aromatic heterocycles. The maximum atomic E-state index is 12.5. The number of para-hydroxylation sites is 1. The van der Waals surface area contributed by atoms with Crippen molar-refractivity contribution in [1.82, 2.24) is 20.4 Å². The number of aryl methyl sites for hydroxylation is 1. The number of nitrogens with zero attached hydrogens (tertiary/aromatic N) is 3. The van der Waals surface area contributed by atoms with Crippen LogP contribution in [-0.4, -0.2) is 41.9 Å². The summed E-state index contributed by atoms with van der Waals surface area (Å²) in [5.74, 6) is -0.0233. The van der Waals surface area contributed by atoms with Crippen molar-refractivity contribution < 1.29 is 4.79 Å². The van der Waals surface area contributed by atoms with Gasteiger partial charge in [-0.15, -0.1) is 0 Å². The molecule has 2 aromatic rings. The van der Waals surface area contributed by atoms with Crippen molar-refractivity contribution in [3.05, 3.63) is 47.8 Å². The van der Waals surface area contributed by atoms with Gasteiger partial charge in [0.1, 0.15) is 6.04 Å². The zero-order chi connectivity index (χ0) is 17.1. The van der Waals surface area contributed by atoms with Crippen molar-refractivity contribution in [3.8, 4) is 0 Å². The number of carbonyl (C=O) groups is 1. The third kappa shape index (κ3) is 3.28. The SMILES string of the molecule is CNC(C(=O)NCC(C)N1CCc2ccccc21)c1cnn(C)c1. The quantitative estimate of drug-likeness (QED) is 0.838. The Balaban J connectivity index is 1.60. The van der Waals surface area contributed by atoms with Crippen LogP contribution < -0.4 is 15.5 Å². The number of hydrogen-bond donors (Lipinski definition) is 2. The number of anilines is 1. The lowest BCUT2D eigenvalue weighted by Gasteiger charge is -2.28. The second kappa shape index (κ2) is 7.05. The fraction of sp³-hybridized carbons (Fsp3) is 0.444. The van der Waals surface area contributed by atoms with Gasteiger partial charge in [0.05, 0.1) is 6.20 Å². The molecule has 1 aliphatic rings. The van der Waals surface area contributed by atoms with Crippen LogP contribution in [0.4, 0.5) is 5.69 Å². The van der Waals surface area contributed by atoms with Gasteiger partial charge >= 0.3 is 0 Å². The number of rotatable bonds is 6. The van der Waals surface area contributed by atoms with Crippen molar-refractivity contribution in [2.24, 2.45) is 7.05 Å². The average molecular weight is 327 g/mol. The number of hydrogen-bond acceptors (Lipinski definition) is 4. The number of likely N-dealkylation sites (N-methyl/N-ethyl adjacent to an activating group) is 1. The van der Waals surface area contributed by atoms with Crippen molar-refractivity contribution in [1.29, 1.82) is 0 Å². The third-order valence-electron chi connectivity index (χ3n) is 4.64. The van der Waals surface area contributed by atoms with Crippen LogP contribution >= 0.6 is 0 Å². The molecular weight excluding hydrogens is 302 g/mol. The van der Waals surface area contributed by atoms with Crippen molar-refractivity contribution in [2.75, 3.05) is 25.0 Å². The first-order valence-corrected chi connectivity index (χ1v) is 8.38. The highest BCUT2D eigenvalue weighted by Crippen LogP contribution is 2.28. The highest BCUT2D eigenvalue weighted by molar-refractivity contribution is 5.83. The number of carbonyl (C=O) groups excluding carboxylic acids is 1. The highest BCUT2D eigenvalue weighted by atomic mass is 16.2. The van der Waals surface area contributed by atoms with Gasteiger partial charge in [-0.1, -0.05) is 18.2 Å². The van der Waals surface area contributed by atoms with E-state index in [1.807, 2.05) is 13.2 Å². The van der Waals surface area contributed by atoms with Gasteiger partial charge in [-0.25, -0.2) is 0 Å². The lowest BCUT2D eigenvalue weighted by atomic mass is 10.1. The van der Waals surface area contributed by atoms with Gasteiger partial charge in [0.2, 0.25) is 5.91 Å². The van der Waals surface area contributed by atoms with E-state index in [1.165, 1.54) is 11.3 Å². The number of fused-ring (bicyclic) bond motifs is 1. The van der Waals surface area contributed by atoms with E-state index in [9.17, 15) is 4.79 Å². The minimum absolute atomic E-state index is 0.0233. The van der Waals surface area contributed by atoms with Crippen LogP contribution in [0.5, 0.6) is 0 Å². The molecule has 2 atom stereocenters. The molecule has 0 spiro atoms. The van der Waals surface area contributed by atoms with E-state index in [2.05, 4.69) is 51.8 Å². The van der Waals surface area contributed by atoms with Gasteiger partial charge in [-0.3, -0.25) is 9.48 Å². The van der Waals surface area contributed by atoms with Gasteiger partial charge in [0.15, 0.2) is 0 Å². The Morgan fingerprint density at radius 1 is 1.38 bits per heavy atom. The largest absolute Gasteiger partial charge is 0.366 e. The minimum Gasteiger partial charge on any atom is -0.366 e. The molecule has 0 fully saturated rings. The monoisotopic (exact) mass is 327 g/mol. The molecule has 1 aliphatic heterocycles. The van der Waals surface area contributed by atoms with Crippen molar-refractivity contribution in [3.63, 3.8) is 0 Å². The number of aromatic nitrogens is 2. The van der Waals surface area contributed by atoms with E-state index in [0.29, 0.717) is 6.54 Å². The molecule has 0 saturated carbocycles. The molecule has 6 nitrogen and oxygen atoms in total. The standard InChI is InChI=1S/C18H25N5O/c1-13(23-9-8-14-6-4-5-7-16(14)23)10-20-18(24)17(19-2)15-11-21-22(3)12-15/h4-7,11-13,17,19H,8-10H2,1-3H3,(H,20,24). The summed E-state index contributed by atoms with van der Waals surface area (Å²) in [4.78, 5) is 14.9. The summed E-state index contributed by atoms with van der Waals surface area (Å²) < 4.78 is 1.71. The molecule has 2 N–H and O–H groups in total. The molecule has 3 rings (SSSR count). The predicted molar refractivity (Wildman–Crippen MR) is 95.0 cm³/mol. The molecule has 1 amide bonds. The molecule has 2 heterocycles. The average Bonchev–Trinajstić information content (AvgIpc) is 3.20. The maximum absolute atomic E-state index is 12.5. The summed E-state index contributed by atoms with van der Waals surface area (Å²) >= 11 is 0. The molecular formula is C18H25N5O. The van der Waals surface area contributed by atoms with Gasteiger partial charge in [-0.2, -0.15) is 5.10 Å². The Kier molecular flexibility index (Phi) is 4.85. The van der Waals surface area contributed by atoms with Gasteiger partial charge in [0.25, 0.3) is 0 Å².